The van der Waals surface area contributed by atoms with Crippen LogP contribution in [-0.4, -0.2) is 29.2 Å². The molecule has 0 saturated carbocycles. The molecular weight excluding hydrogens is 332 g/mol. The van der Waals surface area contributed by atoms with Crippen molar-refractivity contribution >= 4 is 28.5 Å². The largest absolute Gasteiger partial charge is 0.481 e. The van der Waals surface area contributed by atoms with Crippen molar-refractivity contribution in [1.82, 2.24) is 15.0 Å². The minimum absolute atomic E-state index is 0.188. The quantitative estimate of drug-likeness (QED) is 0.738. The molecule has 8 heteroatoms. The number of fused-ring (bicyclic) bond motifs is 1. The van der Waals surface area contributed by atoms with Crippen LogP contribution in [0.2, 0.25) is 5.02 Å². The highest BCUT2D eigenvalue weighted by molar-refractivity contribution is 6.31. The Morgan fingerprint density at radius 3 is 2.50 bits per heavy atom. The number of ether oxygens (including phenoxy) is 2. The van der Waals surface area contributed by atoms with Crippen LogP contribution in [-0.2, 0) is 6.54 Å². The van der Waals surface area contributed by atoms with E-state index < -0.39 is 0 Å². The fourth-order valence-electron chi connectivity index (χ4n) is 2.22. The number of H-pyrrole nitrogens is 1. The van der Waals surface area contributed by atoms with Gasteiger partial charge in [0.2, 0.25) is 17.7 Å². The molecule has 0 amide bonds. The molecule has 3 aromatic rings. The molecule has 1 aromatic carbocycles. The molecule has 2 N–H and O–H groups in total. The topological polar surface area (TPSA) is 89.1 Å². The molecule has 0 spiro atoms. The first-order valence-corrected chi connectivity index (χ1v) is 7.49. The molecule has 7 nitrogen and oxygen atoms in total. The summed E-state index contributed by atoms with van der Waals surface area (Å²) < 4.78 is 10.2. The van der Waals surface area contributed by atoms with E-state index in [0.29, 0.717) is 28.3 Å². The van der Waals surface area contributed by atoms with Crippen molar-refractivity contribution in [3.63, 3.8) is 0 Å². The Labute approximate surface area is 142 Å². The van der Waals surface area contributed by atoms with Crippen LogP contribution in [0.1, 0.15) is 5.56 Å². The van der Waals surface area contributed by atoms with Crippen molar-refractivity contribution in [3.8, 4) is 11.8 Å². The maximum absolute atomic E-state index is 12.2. The molecule has 2 aromatic heterocycles. The standard InChI is InChI=1S/C16H15ClN4O3/c1-23-13-7-14(24-2)21-16(20-13)18-8-10-5-9-6-11(17)3-4-12(9)19-15(10)22/h3-7H,8H2,1-2H3,(H,19,22)(H,18,20,21). The van der Waals surface area contributed by atoms with Crippen molar-refractivity contribution in [2.45, 2.75) is 6.54 Å². The second-order valence-corrected chi connectivity index (χ2v) is 5.42. The molecule has 0 aliphatic rings. The van der Waals surface area contributed by atoms with E-state index in [0.717, 1.165) is 10.9 Å². The molecule has 0 atom stereocenters. The molecule has 124 valence electrons. The first-order valence-electron chi connectivity index (χ1n) is 7.11. The molecular formula is C16H15ClN4O3. The molecule has 0 radical (unpaired) electrons. The Bertz CT molecular complexity index is 920. The number of hydrogen-bond donors (Lipinski definition) is 2. The number of nitrogens with one attached hydrogen (secondary N) is 2. The lowest BCUT2D eigenvalue weighted by Gasteiger charge is -2.09. The summed E-state index contributed by atoms with van der Waals surface area (Å²) in [6.45, 7) is 0.244. The molecule has 0 aliphatic heterocycles. The fraction of sp³-hybridized carbons (Fsp3) is 0.188. The minimum Gasteiger partial charge on any atom is -0.481 e. The minimum atomic E-state index is -0.188. The summed E-state index contributed by atoms with van der Waals surface area (Å²) in [5.74, 6) is 1.03. The summed E-state index contributed by atoms with van der Waals surface area (Å²) in [7, 11) is 3.01. The van der Waals surface area contributed by atoms with Gasteiger partial charge in [-0.2, -0.15) is 9.97 Å². The van der Waals surface area contributed by atoms with Gasteiger partial charge in [-0.3, -0.25) is 4.79 Å². The van der Waals surface area contributed by atoms with E-state index in [1.54, 1.807) is 30.3 Å². The maximum Gasteiger partial charge on any atom is 0.253 e. The van der Waals surface area contributed by atoms with Crippen molar-refractivity contribution in [2.75, 3.05) is 19.5 Å². The van der Waals surface area contributed by atoms with Gasteiger partial charge >= 0.3 is 0 Å². The summed E-state index contributed by atoms with van der Waals surface area (Å²) in [5.41, 5.74) is 1.08. The maximum atomic E-state index is 12.2. The number of halogens is 1. The van der Waals surface area contributed by atoms with Gasteiger partial charge < -0.3 is 19.8 Å². The number of aromatic amines is 1. The SMILES string of the molecule is COc1cc(OC)nc(NCc2cc3cc(Cl)ccc3[nH]c2=O)n1. The Morgan fingerprint density at radius 2 is 1.83 bits per heavy atom. The van der Waals surface area contributed by atoms with E-state index >= 15 is 0 Å². The third-order valence-corrected chi connectivity index (χ3v) is 3.65. The number of rotatable bonds is 5. The number of anilines is 1. The number of nitrogens with zero attached hydrogens (tertiary/aromatic N) is 2. The summed E-state index contributed by atoms with van der Waals surface area (Å²) >= 11 is 6.00. The normalized spacial score (nSPS) is 10.6. The highest BCUT2D eigenvalue weighted by Gasteiger charge is 2.08. The van der Waals surface area contributed by atoms with E-state index in [1.165, 1.54) is 14.2 Å². The second-order valence-electron chi connectivity index (χ2n) is 4.99. The molecule has 24 heavy (non-hydrogen) atoms. The van der Waals surface area contributed by atoms with Crippen LogP contribution >= 0.6 is 11.6 Å². The van der Waals surface area contributed by atoms with Gasteiger partial charge in [0.15, 0.2) is 0 Å². The van der Waals surface area contributed by atoms with E-state index in [1.807, 2.05) is 0 Å². The molecule has 2 heterocycles. The molecule has 0 bridgehead atoms. The monoisotopic (exact) mass is 346 g/mol. The Kier molecular flexibility index (Phi) is 4.52. The van der Waals surface area contributed by atoms with Gasteiger partial charge in [-0.25, -0.2) is 0 Å². The first-order chi connectivity index (χ1) is 11.6. The summed E-state index contributed by atoms with van der Waals surface area (Å²) in [6.07, 6.45) is 0. The summed E-state index contributed by atoms with van der Waals surface area (Å²) in [4.78, 5) is 23.3. The van der Waals surface area contributed by atoms with E-state index in [4.69, 9.17) is 21.1 Å². The lowest BCUT2D eigenvalue weighted by atomic mass is 10.1. The lowest BCUT2D eigenvalue weighted by Crippen LogP contribution is -2.16. The number of aromatic nitrogens is 3. The van der Waals surface area contributed by atoms with Crippen LogP contribution in [0.15, 0.2) is 35.1 Å². The van der Waals surface area contributed by atoms with E-state index in [2.05, 4.69) is 20.3 Å². The molecule has 3 rings (SSSR count). The highest BCUT2D eigenvalue weighted by atomic mass is 35.5. The van der Waals surface area contributed by atoms with Crippen LogP contribution in [0.25, 0.3) is 10.9 Å². The third kappa shape index (κ3) is 3.41. The van der Waals surface area contributed by atoms with Crippen LogP contribution in [0.3, 0.4) is 0 Å². The molecule has 0 fully saturated rings. The Morgan fingerprint density at radius 1 is 1.12 bits per heavy atom. The van der Waals surface area contributed by atoms with Gasteiger partial charge in [0, 0.05) is 28.0 Å². The van der Waals surface area contributed by atoms with Crippen molar-refractivity contribution in [1.29, 1.82) is 0 Å². The van der Waals surface area contributed by atoms with Crippen LogP contribution in [0.4, 0.5) is 5.95 Å². The Hall–Kier alpha value is -2.80. The van der Waals surface area contributed by atoms with Crippen LogP contribution in [0, 0.1) is 0 Å². The van der Waals surface area contributed by atoms with Crippen LogP contribution < -0.4 is 20.3 Å². The number of methoxy groups -OCH3 is 2. The third-order valence-electron chi connectivity index (χ3n) is 3.42. The van der Waals surface area contributed by atoms with Crippen molar-refractivity contribution < 1.29 is 9.47 Å². The number of hydrogen-bond acceptors (Lipinski definition) is 6. The molecule has 0 saturated heterocycles. The van der Waals surface area contributed by atoms with Gasteiger partial charge in [-0.05, 0) is 24.3 Å². The molecule has 0 aliphatic carbocycles. The van der Waals surface area contributed by atoms with Gasteiger partial charge in [0.05, 0.1) is 20.3 Å². The smallest absolute Gasteiger partial charge is 0.253 e. The van der Waals surface area contributed by atoms with E-state index in [9.17, 15) is 4.79 Å². The lowest BCUT2D eigenvalue weighted by molar-refractivity contribution is 0.373. The fourth-order valence-corrected chi connectivity index (χ4v) is 2.40. The zero-order valence-electron chi connectivity index (χ0n) is 13.1. The zero-order valence-corrected chi connectivity index (χ0v) is 13.8. The van der Waals surface area contributed by atoms with Crippen molar-refractivity contribution in [2.24, 2.45) is 0 Å². The van der Waals surface area contributed by atoms with Gasteiger partial charge in [-0.1, -0.05) is 11.6 Å². The number of pyridine rings is 1. The average molecular weight is 347 g/mol. The first kappa shape index (κ1) is 16.1. The van der Waals surface area contributed by atoms with Crippen LogP contribution in [0.5, 0.6) is 11.8 Å². The predicted octanol–water partition coefficient (Wildman–Crippen LogP) is 2.60. The predicted molar refractivity (Wildman–Crippen MR) is 92.0 cm³/mol. The van der Waals surface area contributed by atoms with Gasteiger partial charge in [0.25, 0.3) is 5.56 Å². The zero-order chi connectivity index (χ0) is 17.1. The summed E-state index contributed by atoms with van der Waals surface area (Å²) in [6, 6.07) is 8.64. The highest BCUT2D eigenvalue weighted by Crippen LogP contribution is 2.19. The average Bonchev–Trinajstić information content (AvgIpc) is 2.59. The van der Waals surface area contributed by atoms with Gasteiger partial charge in [0.1, 0.15) is 0 Å². The second kappa shape index (κ2) is 6.76. The van der Waals surface area contributed by atoms with Gasteiger partial charge in [-0.15, -0.1) is 0 Å². The molecule has 0 unspecified atom stereocenters. The number of benzene rings is 1. The van der Waals surface area contributed by atoms with E-state index in [-0.39, 0.29) is 12.1 Å². The summed E-state index contributed by atoms with van der Waals surface area (Å²) in [5, 5.41) is 4.45. The Balaban J connectivity index is 1.87. The van der Waals surface area contributed by atoms with Crippen molar-refractivity contribution in [3.05, 3.63) is 51.3 Å².